The molecular formula is C19H11ClF3N3O3S. The summed E-state index contributed by atoms with van der Waals surface area (Å²) in [5, 5.41) is 13.1. The number of halogens is 4. The summed E-state index contributed by atoms with van der Waals surface area (Å²) >= 11 is 7.07. The molecule has 0 amide bonds. The minimum atomic E-state index is -4.84. The molecule has 0 aliphatic heterocycles. The monoisotopic (exact) mass is 453 g/mol. The summed E-state index contributed by atoms with van der Waals surface area (Å²) in [4.78, 5) is 17.7. The van der Waals surface area contributed by atoms with Gasteiger partial charge in [-0.25, -0.2) is 9.55 Å². The summed E-state index contributed by atoms with van der Waals surface area (Å²) in [5.41, 5.74) is 0.399. The molecule has 0 aliphatic carbocycles. The Morgan fingerprint density at radius 2 is 1.97 bits per heavy atom. The van der Waals surface area contributed by atoms with Gasteiger partial charge in [0.25, 0.3) is 5.65 Å². The highest BCUT2D eigenvalue weighted by molar-refractivity contribution is 7.15. The van der Waals surface area contributed by atoms with Gasteiger partial charge in [-0.15, -0.1) is 24.5 Å². The van der Waals surface area contributed by atoms with Crippen LogP contribution in [0.4, 0.5) is 13.2 Å². The molecular weight excluding hydrogens is 443 g/mol. The Kier molecular flexibility index (Phi) is 5.12. The van der Waals surface area contributed by atoms with E-state index in [0.717, 1.165) is 17.0 Å². The number of thiazole rings is 1. The molecule has 0 bridgehead atoms. The van der Waals surface area contributed by atoms with E-state index in [1.165, 1.54) is 32.4 Å². The summed E-state index contributed by atoms with van der Waals surface area (Å²) in [5.74, 6) is -1.62. The van der Waals surface area contributed by atoms with Crippen LogP contribution in [0.25, 0.3) is 5.65 Å². The SMILES string of the molecule is O=C(c1ccc(OC(F)(F)F)cc1)c1c([O-])[n+](Cc2cnc(Cl)s2)c2ccccn12. The lowest BCUT2D eigenvalue weighted by Gasteiger charge is -2.09. The molecule has 4 aromatic rings. The number of ketones is 1. The zero-order valence-electron chi connectivity index (χ0n) is 14.9. The first-order valence-corrected chi connectivity index (χ1v) is 9.63. The Morgan fingerprint density at radius 3 is 2.60 bits per heavy atom. The van der Waals surface area contributed by atoms with Crippen LogP contribution in [0, 0.1) is 0 Å². The minimum absolute atomic E-state index is 0.0536. The fourth-order valence-electron chi connectivity index (χ4n) is 2.99. The molecule has 3 aromatic heterocycles. The molecule has 0 fully saturated rings. The molecule has 0 saturated carbocycles. The zero-order chi connectivity index (χ0) is 21.5. The van der Waals surface area contributed by atoms with Crippen LogP contribution < -0.4 is 14.4 Å². The highest BCUT2D eigenvalue weighted by Crippen LogP contribution is 2.25. The van der Waals surface area contributed by atoms with E-state index < -0.39 is 23.8 Å². The van der Waals surface area contributed by atoms with E-state index in [0.29, 0.717) is 10.1 Å². The molecule has 0 spiro atoms. The second-order valence-electron chi connectivity index (χ2n) is 6.15. The van der Waals surface area contributed by atoms with Gasteiger partial charge in [-0.1, -0.05) is 17.7 Å². The van der Waals surface area contributed by atoms with Gasteiger partial charge in [0, 0.05) is 17.8 Å². The van der Waals surface area contributed by atoms with E-state index in [1.54, 1.807) is 30.6 Å². The van der Waals surface area contributed by atoms with Crippen molar-refractivity contribution in [3.05, 3.63) is 75.5 Å². The van der Waals surface area contributed by atoms with Crippen molar-refractivity contribution in [3.8, 4) is 11.6 Å². The molecule has 154 valence electrons. The third-order valence-electron chi connectivity index (χ3n) is 4.21. The molecule has 6 nitrogen and oxygen atoms in total. The van der Waals surface area contributed by atoms with Crippen molar-refractivity contribution >= 4 is 34.4 Å². The van der Waals surface area contributed by atoms with Crippen LogP contribution in [0.3, 0.4) is 0 Å². The molecule has 0 N–H and O–H groups in total. The van der Waals surface area contributed by atoms with Crippen LogP contribution >= 0.6 is 22.9 Å². The topological polar surface area (TPSA) is 70.5 Å². The summed E-state index contributed by atoms with van der Waals surface area (Å²) < 4.78 is 44.0. The average Bonchev–Trinajstić information content (AvgIpc) is 3.22. The van der Waals surface area contributed by atoms with E-state index in [2.05, 4.69) is 9.72 Å². The number of ether oxygens (including phenoxy) is 1. The Labute approximate surface area is 176 Å². The van der Waals surface area contributed by atoms with E-state index in [-0.39, 0.29) is 17.8 Å². The van der Waals surface area contributed by atoms with Gasteiger partial charge in [-0.05, 0) is 30.3 Å². The van der Waals surface area contributed by atoms with Crippen molar-refractivity contribution in [1.82, 2.24) is 9.38 Å². The van der Waals surface area contributed by atoms with E-state index in [9.17, 15) is 23.1 Å². The number of imidazole rings is 1. The normalized spacial score (nSPS) is 11.7. The number of aromatic nitrogens is 3. The molecule has 0 unspecified atom stereocenters. The maximum Gasteiger partial charge on any atom is 0.573 e. The standard InChI is InChI=1S/C19H11ClF3N3O3S/c20-18-24-9-13(30-18)10-26-14-3-1-2-8-25(14)15(17(26)28)16(27)11-4-6-12(7-5-11)29-19(21,22)23/h1-9H,10H2. The third-order valence-corrected chi connectivity index (χ3v) is 5.31. The van der Waals surface area contributed by atoms with Crippen molar-refractivity contribution < 1.29 is 32.4 Å². The summed E-state index contributed by atoms with van der Waals surface area (Å²) in [6.45, 7) is 0.169. The minimum Gasteiger partial charge on any atom is -0.839 e. The van der Waals surface area contributed by atoms with Crippen molar-refractivity contribution in [3.63, 3.8) is 0 Å². The first kappa shape index (κ1) is 20.2. The summed E-state index contributed by atoms with van der Waals surface area (Å²) in [6, 6.07) is 9.47. The number of rotatable bonds is 5. The zero-order valence-corrected chi connectivity index (χ0v) is 16.5. The molecule has 30 heavy (non-hydrogen) atoms. The second-order valence-corrected chi connectivity index (χ2v) is 7.85. The number of hydrogen-bond donors (Lipinski definition) is 0. The summed E-state index contributed by atoms with van der Waals surface area (Å²) in [6.07, 6.45) is -1.72. The average molecular weight is 454 g/mol. The summed E-state index contributed by atoms with van der Waals surface area (Å²) in [7, 11) is 0. The van der Waals surface area contributed by atoms with Gasteiger partial charge in [0.2, 0.25) is 11.5 Å². The van der Waals surface area contributed by atoms with Crippen LogP contribution in [0.5, 0.6) is 11.6 Å². The number of carbonyl (C=O) groups excluding carboxylic acids is 1. The lowest BCUT2D eigenvalue weighted by atomic mass is 10.1. The Morgan fingerprint density at radius 1 is 1.23 bits per heavy atom. The predicted molar refractivity (Wildman–Crippen MR) is 99.8 cm³/mol. The molecule has 3 heterocycles. The molecule has 4 rings (SSSR count). The molecule has 0 aliphatic rings. The maximum atomic E-state index is 13.1. The number of pyridine rings is 1. The Hall–Kier alpha value is -3.11. The largest absolute Gasteiger partial charge is 0.839 e. The number of benzene rings is 1. The fraction of sp³-hybridized carbons (Fsp3) is 0.105. The lowest BCUT2D eigenvalue weighted by Crippen LogP contribution is -2.36. The first-order valence-electron chi connectivity index (χ1n) is 8.43. The van der Waals surface area contributed by atoms with E-state index in [4.69, 9.17) is 11.6 Å². The lowest BCUT2D eigenvalue weighted by molar-refractivity contribution is -0.704. The van der Waals surface area contributed by atoms with Crippen LogP contribution in [-0.4, -0.2) is 21.5 Å². The number of alkyl halides is 3. The molecule has 11 heteroatoms. The van der Waals surface area contributed by atoms with Crippen LogP contribution in [0.2, 0.25) is 4.47 Å². The van der Waals surface area contributed by atoms with Gasteiger partial charge < -0.3 is 9.84 Å². The number of hydrogen-bond acceptors (Lipinski definition) is 5. The highest BCUT2D eigenvalue weighted by atomic mass is 35.5. The van der Waals surface area contributed by atoms with Crippen molar-refractivity contribution in [1.29, 1.82) is 0 Å². The second kappa shape index (κ2) is 7.62. The van der Waals surface area contributed by atoms with Gasteiger partial charge in [0.1, 0.15) is 18.2 Å². The van der Waals surface area contributed by atoms with Crippen molar-refractivity contribution in [2.75, 3.05) is 0 Å². The van der Waals surface area contributed by atoms with E-state index >= 15 is 0 Å². The van der Waals surface area contributed by atoms with Crippen molar-refractivity contribution in [2.24, 2.45) is 0 Å². The molecule has 0 atom stereocenters. The van der Waals surface area contributed by atoms with E-state index in [1.807, 2.05) is 0 Å². The molecule has 0 saturated heterocycles. The number of nitrogens with zero attached hydrogens (tertiary/aromatic N) is 3. The maximum absolute atomic E-state index is 13.1. The van der Waals surface area contributed by atoms with Gasteiger partial charge >= 0.3 is 6.36 Å². The fourth-order valence-corrected chi connectivity index (χ4v) is 3.96. The molecule has 0 radical (unpaired) electrons. The van der Waals surface area contributed by atoms with Crippen LogP contribution in [-0.2, 0) is 6.54 Å². The van der Waals surface area contributed by atoms with Gasteiger partial charge in [0.15, 0.2) is 4.47 Å². The smallest absolute Gasteiger partial charge is 0.573 e. The van der Waals surface area contributed by atoms with Crippen LogP contribution in [0.1, 0.15) is 20.9 Å². The predicted octanol–water partition coefficient (Wildman–Crippen LogP) is 3.59. The highest BCUT2D eigenvalue weighted by Gasteiger charge is 2.31. The van der Waals surface area contributed by atoms with Gasteiger partial charge in [-0.3, -0.25) is 4.79 Å². The first-order chi connectivity index (χ1) is 14.2. The Bertz CT molecular complexity index is 1240. The van der Waals surface area contributed by atoms with Gasteiger partial charge in [0.05, 0.1) is 11.1 Å². The van der Waals surface area contributed by atoms with Crippen LogP contribution in [0.15, 0.2) is 54.9 Å². The van der Waals surface area contributed by atoms with Crippen molar-refractivity contribution in [2.45, 2.75) is 12.9 Å². The third kappa shape index (κ3) is 3.96. The molecule has 1 aromatic carbocycles. The van der Waals surface area contributed by atoms with Gasteiger partial charge in [-0.2, -0.15) is 4.40 Å². The number of fused-ring (bicyclic) bond motifs is 1. The number of carbonyl (C=O) groups is 1. The quantitative estimate of drug-likeness (QED) is 0.342. The Balaban J connectivity index is 1.73.